The van der Waals surface area contributed by atoms with Crippen LogP contribution in [0.5, 0.6) is 0 Å². The quantitative estimate of drug-likeness (QED) is 0.792. The Labute approximate surface area is 159 Å². The molecule has 0 unspecified atom stereocenters. The summed E-state index contributed by atoms with van der Waals surface area (Å²) in [5, 5.41) is 2.38. The lowest BCUT2D eigenvalue weighted by atomic mass is 10.1. The molecule has 0 aromatic heterocycles. The van der Waals surface area contributed by atoms with Gasteiger partial charge in [0.2, 0.25) is 15.9 Å². The number of halogens is 4. The van der Waals surface area contributed by atoms with E-state index < -0.39 is 39.9 Å². The lowest BCUT2D eigenvalue weighted by Crippen LogP contribution is -2.38. The number of anilines is 2. The van der Waals surface area contributed by atoms with Gasteiger partial charge in [-0.05, 0) is 36.8 Å². The molecule has 0 aliphatic rings. The van der Waals surface area contributed by atoms with Gasteiger partial charge in [-0.25, -0.2) is 8.42 Å². The molecule has 0 aliphatic heterocycles. The Morgan fingerprint density at radius 3 is 2.41 bits per heavy atom. The molecule has 1 amide bonds. The first-order valence-electron chi connectivity index (χ1n) is 7.59. The molecule has 2 aromatic rings. The second-order valence-corrected chi connectivity index (χ2v) is 8.14. The summed E-state index contributed by atoms with van der Waals surface area (Å²) >= 11 is 5.90. The van der Waals surface area contributed by atoms with E-state index in [2.05, 4.69) is 5.32 Å². The normalized spacial score (nSPS) is 11.9. The minimum atomic E-state index is -4.66. The van der Waals surface area contributed by atoms with Crippen LogP contribution in [0.15, 0.2) is 42.5 Å². The highest BCUT2D eigenvalue weighted by Crippen LogP contribution is 2.34. The maximum Gasteiger partial charge on any atom is 0.418 e. The Balaban J connectivity index is 2.33. The summed E-state index contributed by atoms with van der Waals surface area (Å²) in [5.41, 5.74) is -0.771. The van der Waals surface area contributed by atoms with E-state index in [0.717, 1.165) is 22.7 Å². The molecule has 27 heavy (non-hydrogen) atoms. The van der Waals surface area contributed by atoms with Crippen molar-refractivity contribution in [3.8, 4) is 0 Å². The van der Waals surface area contributed by atoms with Gasteiger partial charge >= 0.3 is 6.18 Å². The Morgan fingerprint density at radius 2 is 1.81 bits per heavy atom. The van der Waals surface area contributed by atoms with Crippen molar-refractivity contribution in [2.45, 2.75) is 13.1 Å². The summed E-state index contributed by atoms with van der Waals surface area (Å²) in [6.07, 6.45) is -3.77. The van der Waals surface area contributed by atoms with Gasteiger partial charge in [-0.15, -0.1) is 0 Å². The standard InChI is InChI=1S/C17H16ClF3N2O3S/c1-11-7-8-12(18)9-15(11)23(27(2,25)26)10-16(24)22-14-6-4-3-5-13(14)17(19,20)21/h3-9H,10H2,1-2H3,(H,22,24). The molecule has 0 atom stereocenters. The number of carbonyl (C=O) groups excluding carboxylic acids is 1. The molecule has 5 nitrogen and oxygen atoms in total. The second kappa shape index (κ2) is 7.77. The number of para-hydroxylation sites is 1. The van der Waals surface area contributed by atoms with Crippen LogP contribution in [-0.2, 0) is 21.0 Å². The van der Waals surface area contributed by atoms with Crippen molar-refractivity contribution in [3.05, 3.63) is 58.6 Å². The van der Waals surface area contributed by atoms with Crippen LogP contribution in [0.4, 0.5) is 24.5 Å². The van der Waals surface area contributed by atoms with Gasteiger partial charge < -0.3 is 5.32 Å². The smallest absolute Gasteiger partial charge is 0.324 e. The number of hydrogen-bond acceptors (Lipinski definition) is 3. The molecule has 0 heterocycles. The fourth-order valence-electron chi connectivity index (χ4n) is 2.39. The minimum Gasteiger partial charge on any atom is -0.324 e. The summed E-state index contributed by atoms with van der Waals surface area (Å²) in [4.78, 5) is 12.3. The Bertz CT molecular complexity index is 962. The number of nitrogens with one attached hydrogen (secondary N) is 1. The highest BCUT2D eigenvalue weighted by atomic mass is 35.5. The third-order valence-corrected chi connectivity index (χ3v) is 5.00. The van der Waals surface area contributed by atoms with E-state index >= 15 is 0 Å². The third kappa shape index (κ3) is 5.36. The van der Waals surface area contributed by atoms with Crippen LogP contribution in [-0.4, -0.2) is 27.1 Å². The number of amides is 1. The van der Waals surface area contributed by atoms with E-state index in [9.17, 15) is 26.4 Å². The van der Waals surface area contributed by atoms with Crippen molar-refractivity contribution in [2.75, 3.05) is 22.4 Å². The second-order valence-electron chi connectivity index (χ2n) is 5.79. The SMILES string of the molecule is Cc1ccc(Cl)cc1N(CC(=O)Nc1ccccc1C(F)(F)F)S(C)(=O)=O. The van der Waals surface area contributed by atoms with Crippen LogP contribution in [0.25, 0.3) is 0 Å². The summed E-state index contributed by atoms with van der Waals surface area (Å²) in [6, 6.07) is 8.94. The number of alkyl halides is 3. The molecule has 0 spiro atoms. The van der Waals surface area contributed by atoms with Crippen molar-refractivity contribution in [1.29, 1.82) is 0 Å². The average molecular weight is 421 g/mol. The average Bonchev–Trinajstić information content (AvgIpc) is 2.53. The van der Waals surface area contributed by atoms with E-state index in [4.69, 9.17) is 11.6 Å². The zero-order valence-corrected chi connectivity index (χ0v) is 15.9. The third-order valence-electron chi connectivity index (χ3n) is 3.63. The fourth-order valence-corrected chi connectivity index (χ4v) is 3.46. The van der Waals surface area contributed by atoms with Crippen molar-refractivity contribution in [2.24, 2.45) is 0 Å². The molecule has 146 valence electrons. The molecule has 0 saturated heterocycles. The van der Waals surface area contributed by atoms with E-state index in [-0.39, 0.29) is 10.7 Å². The molecule has 0 saturated carbocycles. The van der Waals surface area contributed by atoms with E-state index in [1.165, 1.54) is 18.2 Å². The van der Waals surface area contributed by atoms with Gasteiger partial charge in [-0.3, -0.25) is 9.10 Å². The van der Waals surface area contributed by atoms with Crippen LogP contribution in [0.3, 0.4) is 0 Å². The molecular weight excluding hydrogens is 405 g/mol. The highest BCUT2D eigenvalue weighted by Gasteiger charge is 2.34. The number of aryl methyl sites for hydroxylation is 1. The van der Waals surface area contributed by atoms with Crippen LogP contribution in [0, 0.1) is 6.92 Å². The first kappa shape index (κ1) is 21.0. The largest absolute Gasteiger partial charge is 0.418 e. The Hall–Kier alpha value is -2.26. The lowest BCUT2D eigenvalue weighted by Gasteiger charge is -2.24. The summed E-state index contributed by atoms with van der Waals surface area (Å²) in [5.74, 6) is -0.920. The Morgan fingerprint density at radius 1 is 1.19 bits per heavy atom. The summed E-state index contributed by atoms with van der Waals surface area (Å²) < 4.78 is 64.2. The van der Waals surface area contributed by atoms with Gasteiger partial charge in [0.1, 0.15) is 6.54 Å². The Kier molecular flexibility index (Phi) is 6.06. The van der Waals surface area contributed by atoms with Crippen LogP contribution >= 0.6 is 11.6 Å². The van der Waals surface area contributed by atoms with Gasteiger partial charge in [0, 0.05) is 5.02 Å². The van der Waals surface area contributed by atoms with Gasteiger partial charge in [0.05, 0.1) is 23.2 Å². The first-order valence-corrected chi connectivity index (χ1v) is 9.82. The van der Waals surface area contributed by atoms with E-state index in [1.807, 2.05) is 0 Å². The van der Waals surface area contributed by atoms with Crippen molar-refractivity contribution < 1.29 is 26.4 Å². The monoisotopic (exact) mass is 420 g/mol. The molecule has 2 rings (SSSR count). The summed E-state index contributed by atoms with van der Waals surface area (Å²) in [7, 11) is -3.89. The molecule has 0 bridgehead atoms. The van der Waals surface area contributed by atoms with E-state index in [1.54, 1.807) is 19.1 Å². The number of rotatable bonds is 5. The molecular formula is C17H16ClF3N2O3S. The molecule has 1 N–H and O–H groups in total. The molecule has 10 heteroatoms. The van der Waals surface area contributed by atoms with Crippen molar-refractivity contribution in [3.63, 3.8) is 0 Å². The van der Waals surface area contributed by atoms with E-state index in [0.29, 0.717) is 5.56 Å². The zero-order valence-electron chi connectivity index (χ0n) is 14.3. The van der Waals surface area contributed by atoms with Crippen molar-refractivity contribution in [1.82, 2.24) is 0 Å². The molecule has 0 fully saturated rings. The topological polar surface area (TPSA) is 66.5 Å². The predicted octanol–water partition coefficient (Wildman–Crippen LogP) is 4.07. The van der Waals surface area contributed by atoms with Gasteiger partial charge in [-0.1, -0.05) is 29.8 Å². The fraction of sp³-hybridized carbons (Fsp3) is 0.235. The number of hydrogen-bond donors (Lipinski definition) is 1. The summed E-state index contributed by atoms with van der Waals surface area (Å²) in [6.45, 7) is 0.924. The number of sulfonamides is 1. The van der Waals surface area contributed by atoms with Crippen LogP contribution in [0.2, 0.25) is 5.02 Å². The zero-order chi connectivity index (χ0) is 20.4. The van der Waals surface area contributed by atoms with Crippen LogP contribution in [0.1, 0.15) is 11.1 Å². The molecule has 0 aliphatic carbocycles. The maximum atomic E-state index is 13.0. The van der Waals surface area contributed by atoms with Gasteiger partial charge in [0.25, 0.3) is 0 Å². The van der Waals surface area contributed by atoms with Crippen molar-refractivity contribution >= 4 is 38.9 Å². The lowest BCUT2D eigenvalue weighted by molar-refractivity contribution is -0.137. The van der Waals surface area contributed by atoms with Gasteiger partial charge in [0.15, 0.2) is 0 Å². The van der Waals surface area contributed by atoms with Gasteiger partial charge in [-0.2, -0.15) is 13.2 Å². The first-order chi connectivity index (χ1) is 12.4. The molecule has 2 aromatic carbocycles. The predicted molar refractivity (Wildman–Crippen MR) is 98.5 cm³/mol. The minimum absolute atomic E-state index is 0.171. The highest BCUT2D eigenvalue weighted by molar-refractivity contribution is 7.92. The number of nitrogens with zero attached hydrogens (tertiary/aromatic N) is 1. The number of benzene rings is 2. The van der Waals surface area contributed by atoms with Crippen LogP contribution < -0.4 is 9.62 Å². The maximum absolute atomic E-state index is 13.0. The number of carbonyl (C=O) groups is 1. The molecule has 0 radical (unpaired) electrons.